The molecule has 0 amide bonds. The Bertz CT molecular complexity index is 391. The Hall–Kier alpha value is -1.14. The molecule has 0 bridgehead atoms. The number of halogens is 1. The molecule has 1 N–H and O–H groups in total. The molecule has 1 aromatic rings. The van der Waals surface area contributed by atoms with Gasteiger partial charge in [-0.2, -0.15) is 15.0 Å². The molecule has 2 heterocycles. The number of nitrogens with one attached hydrogen (secondary N) is 1. The maximum Gasteiger partial charge on any atom is 0.231 e. The predicted molar refractivity (Wildman–Crippen MR) is 73.3 cm³/mol. The van der Waals surface area contributed by atoms with E-state index < -0.39 is 0 Å². The highest BCUT2D eigenvalue weighted by molar-refractivity contribution is 6.28. The maximum absolute atomic E-state index is 5.94. The van der Waals surface area contributed by atoms with Gasteiger partial charge in [-0.3, -0.25) is 0 Å². The second-order valence-electron chi connectivity index (χ2n) is 4.45. The number of aromatic nitrogens is 3. The van der Waals surface area contributed by atoms with Gasteiger partial charge in [0.2, 0.25) is 17.2 Å². The van der Waals surface area contributed by atoms with Gasteiger partial charge in [0.15, 0.2) is 0 Å². The van der Waals surface area contributed by atoms with E-state index in [0.29, 0.717) is 11.9 Å². The van der Waals surface area contributed by atoms with Gasteiger partial charge in [-0.1, -0.05) is 6.92 Å². The van der Waals surface area contributed by atoms with E-state index in [2.05, 4.69) is 44.0 Å². The monoisotopic (exact) mass is 270 g/mol. The third kappa shape index (κ3) is 3.43. The van der Waals surface area contributed by atoms with Crippen LogP contribution in [0.15, 0.2) is 0 Å². The number of anilines is 2. The summed E-state index contributed by atoms with van der Waals surface area (Å²) >= 11 is 5.94. The number of piperazine rings is 1. The normalized spacial score (nSPS) is 16.9. The molecule has 0 aromatic carbocycles. The lowest BCUT2D eigenvalue weighted by atomic mass is 10.3. The molecular weight excluding hydrogens is 252 g/mol. The van der Waals surface area contributed by atoms with Gasteiger partial charge in [-0.05, 0) is 25.1 Å². The minimum Gasteiger partial charge on any atom is -0.354 e. The van der Waals surface area contributed by atoms with E-state index in [-0.39, 0.29) is 5.28 Å². The van der Waals surface area contributed by atoms with Crippen LogP contribution in [0.2, 0.25) is 5.28 Å². The zero-order valence-electron chi connectivity index (χ0n) is 10.9. The van der Waals surface area contributed by atoms with Crippen molar-refractivity contribution in [2.75, 3.05) is 50.0 Å². The molecule has 0 spiro atoms. The summed E-state index contributed by atoms with van der Waals surface area (Å²) in [6.45, 7) is 6.80. The van der Waals surface area contributed by atoms with Crippen molar-refractivity contribution in [3.05, 3.63) is 5.28 Å². The minimum absolute atomic E-state index is 0.248. The van der Waals surface area contributed by atoms with E-state index in [1.54, 1.807) is 0 Å². The smallest absolute Gasteiger partial charge is 0.231 e. The third-order valence-electron chi connectivity index (χ3n) is 2.92. The van der Waals surface area contributed by atoms with Gasteiger partial charge in [0.25, 0.3) is 0 Å². The number of hydrogen-bond acceptors (Lipinski definition) is 6. The van der Waals surface area contributed by atoms with Gasteiger partial charge in [0.1, 0.15) is 0 Å². The fourth-order valence-corrected chi connectivity index (χ4v) is 1.96. The summed E-state index contributed by atoms with van der Waals surface area (Å²) in [6.07, 6.45) is 1.02. The van der Waals surface area contributed by atoms with Crippen LogP contribution in [0.4, 0.5) is 11.9 Å². The molecule has 18 heavy (non-hydrogen) atoms. The average Bonchev–Trinajstić information content (AvgIpc) is 2.36. The lowest BCUT2D eigenvalue weighted by Crippen LogP contribution is -2.45. The van der Waals surface area contributed by atoms with Gasteiger partial charge < -0.3 is 15.1 Å². The van der Waals surface area contributed by atoms with Crippen molar-refractivity contribution in [1.29, 1.82) is 0 Å². The molecule has 0 unspecified atom stereocenters. The minimum atomic E-state index is 0.248. The van der Waals surface area contributed by atoms with Crippen molar-refractivity contribution in [3.63, 3.8) is 0 Å². The van der Waals surface area contributed by atoms with Gasteiger partial charge >= 0.3 is 0 Å². The van der Waals surface area contributed by atoms with Crippen molar-refractivity contribution < 1.29 is 0 Å². The molecule has 1 saturated heterocycles. The van der Waals surface area contributed by atoms with Crippen LogP contribution >= 0.6 is 11.6 Å². The molecule has 1 aliphatic rings. The van der Waals surface area contributed by atoms with E-state index in [1.165, 1.54) is 0 Å². The summed E-state index contributed by atoms with van der Waals surface area (Å²) in [5.74, 6) is 1.23. The summed E-state index contributed by atoms with van der Waals surface area (Å²) in [5.41, 5.74) is 0. The Morgan fingerprint density at radius 2 is 1.89 bits per heavy atom. The first-order valence-corrected chi connectivity index (χ1v) is 6.65. The number of rotatable bonds is 4. The number of nitrogens with zero attached hydrogens (tertiary/aromatic N) is 5. The summed E-state index contributed by atoms with van der Waals surface area (Å²) in [6, 6.07) is 0. The topological polar surface area (TPSA) is 57.2 Å². The highest BCUT2D eigenvalue weighted by Crippen LogP contribution is 2.15. The SMILES string of the molecule is CCCNc1nc(Cl)nc(N2CCN(C)CC2)n1. The molecule has 0 saturated carbocycles. The van der Waals surface area contributed by atoms with Crippen LogP contribution < -0.4 is 10.2 Å². The third-order valence-corrected chi connectivity index (χ3v) is 3.08. The van der Waals surface area contributed by atoms with Crippen molar-refractivity contribution in [2.45, 2.75) is 13.3 Å². The molecule has 1 aromatic heterocycles. The van der Waals surface area contributed by atoms with Crippen LogP contribution in [-0.2, 0) is 0 Å². The molecule has 0 radical (unpaired) electrons. The van der Waals surface area contributed by atoms with Crippen LogP contribution in [0.5, 0.6) is 0 Å². The molecule has 6 nitrogen and oxygen atoms in total. The molecule has 1 aliphatic heterocycles. The molecule has 2 rings (SSSR count). The zero-order chi connectivity index (χ0) is 13.0. The maximum atomic E-state index is 5.94. The molecule has 7 heteroatoms. The Morgan fingerprint density at radius 3 is 2.56 bits per heavy atom. The first kappa shape index (κ1) is 13.3. The van der Waals surface area contributed by atoms with Crippen LogP contribution in [0.25, 0.3) is 0 Å². The average molecular weight is 271 g/mol. The Balaban J connectivity index is 2.09. The highest BCUT2D eigenvalue weighted by Gasteiger charge is 2.17. The van der Waals surface area contributed by atoms with Crippen LogP contribution in [0.1, 0.15) is 13.3 Å². The standard InChI is InChI=1S/C11H19ClN6/c1-3-4-13-10-14-9(12)15-11(16-10)18-7-5-17(2)6-8-18/h3-8H2,1-2H3,(H,13,14,15,16). The van der Waals surface area contributed by atoms with E-state index in [4.69, 9.17) is 11.6 Å². The summed E-state index contributed by atoms with van der Waals surface area (Å²) in [5, 5.41) is 3.39. The van der Waals surface area contributed by atoms with E-state index in [9.17, 15) is 0 Å². The van der Waals surface area contributed by atoms with Gasteiger partial charge in [-0.25, -0.2) is 0 Å². The van der Waals surface area contributed by atoms with Crippen LogP contribution in [0.3, 0.4) is 0 Å². The van der Waals surface area contributed by atoms with Crippen molar-refractivity contribution in [1.82, 2.24) is 19.9 Å². The Labute approximate surface area is 112 Å². The lowest BCUT2D eigenvalue weighted by Gasteiger charge is -2.32. The molecule has 1 fully saturated rings. The number of likely N-dealkylation sites (N-methyl/N-ethyl adjacent to an activating group) is 1. The summed E-state index contributed by atoms with van der Waals surface area (Å²) < 4.78 is 0. The zero-order valence-corrected chi connectivity index (χ0v) is 11.6. The van der Waals surface area contributed by atoms with Crippen molar-refractivity contribution in [2.24, 2.45) is 0 Å². The van der Waals surface area contributed by atoms with Crippen molar-refractivity contribution in [3.8, 4) is 0 Å². The first-order valence-electron chi connectivity index (χ1n) is 6.28. The van der Waals surface area contributed by atoms with E-state index >= 15 is 0 Å². The Morgan fingerprint density at radius 1 is 1.17 bits per heavy atom. The predicted octanol–water partition coefficient (Wildman–Crippen LogP) is 1.10. The van der Waals surface area contributed by atoms with Crippen molar-refractivity contribution >= 4 is 23.5 Å². The largest absolute Gasteiger partial charge is 0.354 e. The number of hydrogen-bond donors (Lipinski definition) is 1. The van der Waals surface area contributed by atoms with Gasteiger partial charge in [0, 0.05) is 32.7 Å². The lowest BCUT2D eigenvalue weighted by molar-refractivity contribution is 0.311. The van der Waals surface area contributed by atoms with Crippen LogP contribution in [-0.4, -0.2) is 59.6 Å². The van der Waals surface area contributed by atoms with E-state index in [1.807, 2.05) is 0 Å². The second-order valence-corrected chi connectivity index (χ2v) is 4.78. The summed E-state index contributed by atoms with van der Waals surface area (Å²) in [7, 11) is 2.12. The van der Waals surface area contributed by atoms with Crippen LogP contribution in [0, 0.1) is 0 Å². The van der Waals surface area contributed by atoms with Gasteiger partial charge in [0.05, 0.1) is 0 Å². The van der Waals surface area contributed by atoms with E-state index in [0.717, 1.165) is 39.1 Å². The molecular formula is C11H19ClN6. The Kier molecular flexibility index (Phi) is 4.54. The molecule has 0 atom stereocenters. The fraction of sp³-hybridized carbons (Fsp3) is 0.727. The summed E-state index contributed by atoms with van der Waals surface area (Å²) in [4.78, 5) is 17.1. The molecule has 0 aliphatic carbocycles. The van der Waals surface area contributed by atoms with Gasteiger partial charge in [-0.15, -0.1) is 0 Å². The fourth-order valence-electron chi connectivity index (χ4n) is 1.80. The molecule has 100 valence electrons. The highest BCUT2D eigenvalue weighted by atomic mass is 35.5. The first-order chi connectivity index (χ1) is 8.69. The second kappa shape index (κ2) is 6.15. The quantitative estimate of drug-likeness (QED) is 0.884.